The minimum absolute atomic E-state index is 0.0679. The van der Waals surface area contributed by atoms with Crippen molar-refractivity contribution in [1.82, 2.24) is 0 Å². The maximum absolute atomic E-state index is 8.68. The molecule has 0 saturated heterocycles. The summed E-state index contributed by atoms with van der Waals surface area (Å²) in [4.78, 5) is 0. The molecule has 13 heavy (non-hydrogen) atoms. The normalized spacial score (nSPS) is 12.1. The lowest BCUT2D eigenvalue weighted by Crippen LogP contribution is -1.99. The van der Waals surface area contributed by atoms with Crippen LogP contribution in [-0.4, -0.2) is 6.61 Å². The average Bonchev–Trinajstić information content (AvgIpc) is 2.18. The number of benzene rings is 1. The average molecular weight is 175 g/mol. The van der Waals surface area contributed by atoms with Gasteiger partial charge in [0.25, 0.3) is 0 Å². The van der Waals surface area contributed by atoms with Gasteiger partial charge in [-0.2, -0.15) is 5.26 Å². The molecule has 2 heteroatoms. The predicted octanol–water partition coefficient (Wildman–Crippen LogP) is 2.66. The maximum Gasteiger partial charge on any atom is 0.0991 e. The van der Waals surface area contributed by atoms with E-state index in [4.69, 9.17) is 10.00 Å². The minimum Gasteiger partial charge on any atom is -0.374 e. The van der Waals surface area contributed by atoms with Gasteiger partial charge in [-0.05, 0) is 31.5 Å². The van der Waals surface area contributed by atoms with Crippen LogP contribution in [0.1, 0.15) is 31.1 Å². The van der Waals surface area contributed by atoms with Gasteiger partial charge in [0.15, 0.2) is 0 Å². The zero-order valence-corrected chi connectivity index (χ0v) is 7.95. The summed E-state index contributed by atoms with van der Waals surface area (Å²) >= 11 is 0. The SMILES string of the molecule is CCOC(C)c1cccc(C#N)c1. The molecule has 1 aromatic rings. The van der Waals surface area contributed by atoms with Crippen LogP contribution in [0.15, 0.2) is 24.3 Å². The van der Waals surface area contributed by atoms with Crippen molar-refractivity contribution < 1.29 is 4.74 Å². The smallest absolute Gasteiger partial charge is 0.0991 e. The van der Waals surface area contributed by atoms with Crippen molar-refractivity contribution in [3.63, 3.8) is 0 Å². The maximum atomic E-state index is 8.68. The van der Waals surface area contributed by atoms with Gasteiger partial charge in [0.05, 0.1) is 17.7 Å². The van der Waals surface area contributed by atoms with Crippen LogP contribution in [0.5, 0.6) is 0 Å². The van der Waals surface area contributed by atoms with Crippen molar-refractivity contribution in [2.45, 2.75) is 20.0 Å². The first kappa shape index (κ1) is 9.76. The summed E-state index contributed by atoms with van der Waals surface area (Å²) in [5.74, 6) is 0. The van der Waals surface area contributed by atoms with Crippen LogP contribution in [0, 0.1) is 11.3 Å². The quantitative estimate of drug-likeness (QED) is 0.707. The molecule has 0 aliphatic carbocycles. The van der Waals surface area contributed by atoms with E-state index in [-0.39, 0.29) is 6.10 Å². The molecule has 1 unspecified atom stereocenters. The molecule has 1 aromatic carbocycles. The van der Waals surface area contributed by atoms with E-state index < -0.39 is 0 Å². The number of nitrogens with zero attached hydrogens (tertiary/aromatic N) is 1. The lowest BCUT2D eigenvalue weighted by molar-refractivity contribution is 0.0764. The minimum atomic E-state index is 0.0679. The van der Waals surface area contributed by atoms with E-state index in [1.54, 1.807) is 6.07 Å². The van der Waals surface area contributed by atoms with E-state index in [0.29, 0.717) is 12.2 Å². The third-order valence-electron chi connectivity index (χ3n) is 1.90. The van der Waals surface area contributed by atoms with Crippen LogP contribution in [0.4, 0.5) is 0 Å². The third-order valence-corrected chi connectivity index (χ3v) is 1.90. The highest BCUT2D eigenvalue weighted by Crippen LogP contribution is 2.17. The van der Waals surface area contributed by atoms with Gasteiger partial charge in [0.1, 0.15) is 0 Å². The molecule has 0 fully saturated rings. The molecule has 0 aliphatic rings. The van der Waals surface area contributed by atoms with E-state index >= 15 is 0 Å². The van der Waals surface area contributed by atoms with Gasteiger partial charge in [0, 0.05) is 6.61 Å². The monoisotopic (exact) mass is 175 g/mol. The van der Waals surface area contributed by atoms with Gasteiger partial charge >= 0.3 is 0 Å². The van der Waals surface area contributed by atoms with Crippen LogP contribution in [0.2, 0.25) is 0 Å². The van der Waals surface area contributed by atoms with E-state index in [9.17, 15) is 0 Å². The lowest BCUT2D eigenvalue weighted by Gasteiger charge is -2.11. The van der Waals surface area contributed by atoms with Crippen LogP contribution in [-0.2, 0) is 4.74 Å². The number of hydrogen-bond donors (Lipinski definition) is 0. The fourth-order valence-corrected chi connectivity index (χ4v) is 1.21. The number of nitriles is 1. The number of ether oxygens (including phenoxy) is 1. The molecule has 0 radical (unpaired) electrons. The zero-order chi connectivity index (χ0) is 9.68. The van der Waals surface area contributed by atoms with Crippen molar-refractivity contribution in [3.05, 3.63) is 35.4 Å². The lowest BCUT2D eigenvalue weighted by atomic mass is 10.1. The van der Waals surface area contributed by atoms with E-state index in [1.807, 2.05) is 32.0 Å². The molecule has 1 atom stereocenters. The molecular weight excluding hydrogens is 162 g/mol. The molecule has 0 N–H and O–H groups in total. The Bertz CT molecular complexity index is 314. The van der Waals surface area contributed by atoms with Crippen LogP contribution < -0.4 is 0 Å². The zero-order valence-electron chi connectivity index (χ0n) is 7.95. The second kappa shape index (κ2) is 4.64. The Hall–Kier alpha value is -1.33. The predicted molar refractivity (Wildman–Crippen MR) is 51.2 cm³/mol. The molecule has 0 spiro atoms. The summed E-state index contributed by atoms with van der Waals surface area (Å²) in [6.45, 7) is 4.64. The van der Waals surface area contributed by atoms with Gasteiger partial charge in [-0.15, -0.1) is 0 Å². The highest BCUT2D eigenvalue weighted by atomic mass is 16.5. The summed E-state index contributed by atoms with van der Waals surface area (Å²) < 4.78 is 5.42. The Kier molecular flexibility index (Phi) is 3.48. The first-order valence-corrected chi connectivity index (χ1v) is 4.39. The Labute approximate surface area is 78.8 Å². The molecule has 2 nitrogen and oxygen atoms in total. The Morgan fingerprint density at radius 1 is 1.54 bits per heavy atom. The topological polar surface area (TPSA) is 33.0 Å². The van der Waals surface area contributed by atoms with Crippen molar-refractivity contribution in [2.75, 3.05) is 6.61 Å². The van der Waals surface area contributed by atoms with Crippen LogP contribution >= 0.6 is 0 Å². The van der Waals surface area contributed by atoms with E-state index in [0.717, 1.165) is 5.56 Å². The number of hydrogen-bond acceptors (Lipinski definition) is 2. The van der Waals surface area contributed by atoms with Crippen molar-refractivity contribution in [2.24, 2.45) is 0 Å². The van der Waals surface area contributed by atoms with Crippen LogP contribution in [0.25, 0.3) is 0 Å². The summed E-state index contributed by atoms with van der Waals surface area (Å²) in [7, 11) is 0. The first-order chi connectivity index (χ1) is 6.27. The van der Waals surface area contributed by atoms with Gasteiger partial charge in [-0.3, -0.25) is 0 Å². The Morgan fingerprint density at radius 3 is 2.92 bits per heavy atom. The first-order valence-electron chi connectivity index (χ1n) is 4.39. The molecule has 1 rings (SSSR count). The van der Waals surface area contributed by atoms with Crippen LogP contribution in [0.3, 0.4) is 0 Å². The van der Waals surface area contributed by atoms with Crippen molar-refractivity contribution >= 4 is 0 Å². The fourth-order valence-electron chi connectivity index (χ4n) is 1.21. The van der Waals surface area contributed by atoms with Gasteiger partial charge < -0.3 is 4.74 Å². The molecule has 0 saturated carbocycles. The van der Waals surface area contributed by atoms with Gasteiger partial charge in [0.2, 0.25) is 0 Å². The standard InChI is InChI=1S/C11H13NO/c1-3-13-9(2)11-6-4-5-10(7-11)8-12/h4-7,9H,3H2,1-2H3. The fraction of sp³-hybridized carbons (Fsp3) is 0.364. The van der Waals surface area contributed by atoms with Crippen molar-refractivity contribution in [3.8, 4) is 6.07 Å². The van der Waals surface area contributed by atoms with Gasteiger partial charge in [-0.1, -0.05) is 12.1 Å². The second-order valence-electron chi connectivity index (χ2n) is 2.83. The molecule has 0 aromatic heterocycles. The molecule has 0 amide bonds. The van der Waals surface area contributed by atoms with E-state index in [2.05, 4.69) is 6.07 Å². The Balaban J connectivity index is 2.83. The third kappa shape index (κ3) is 2.57. The Morgan fingerprint density at radius 2 is 2.31 bits per heavy atom. The highest BCUT2D eigenvalue weighted by Gasteiger charge is 2.04. The second-order valence-corrected chi connectivity index (χ2v) is 2.83. The molecule has 0 aliphatic heterocycles. The summed E-state index contributed by atoms with van der Waals surface area (Å²) in [5.41, 5.74) is 1.74. The highest BCUT2D eigenvalue weighted by molar-refractivity contribution is 5.33. The summed E-state index contributed by atoms with van der Waals surface area (Å²) in [6.07, 6.45) is 0.0679. The summed E-state index contributed by atoms with van der Waals surface area (Å²) in [6, 6.07) is 9.62. The van der Waals surface area contributed by atoms with Crippen molar-refractivity contribution in [1.29, 1.82) is 5.26 Å². The summed E-state index contributed by atoms with van der Waals surface area (Å²) in [5, 5.41) is 8.68. The van der Waals surface area contributed by atoms with E-state index in [1.165, 1.54) is 0 Å². The molecule has 0 bridgehead atoms. The molecule has 68 valence electrons. The molecular formula is C11H13NO. The van der Waals surface area contributed by atoms with Gasteiger partial charge in [-0.25, -0.2) is 0 Å². The molecule has 0 heterocycles. The largest absolute Gasteiger partial charge is 0.374 e. The number of rotatable bonds is 3.